The highest BCUT2D eigenvalue weighted by atomic mass is 35.5. The molecule has 0 atom stereocenters. The van der Waals surface area contributed by atoms with E-state index in [2.05, 4.69) is 49.4 Å². The summed E-state index contributed by atoms with van der Waals surface area (Å²) in [5, 5.41) is 8.66. The largest absolute Gasteiger partial charge is 0.312 e. The van der Waals surface area contributed by atoms with Gasteiger partial charge < -0.3 is 5.32 Å². The first-order valence-corrected chi connectivity index (χ1v) is 7.37. The van der Waals surface area contributed by atoms with Crippen LogP contribution in [0.5, 0.6) is 0 Å². The third-order valence-electron chi connectivity index (χ3n) is 3.19. The SMILES string of the molecule is Cc1ccc(-n2cc(Cl)c(C)n2)c(CNCC(C)C)c1. The van der Waals surface area contributed by atoms with Gasteiger partial charge in [0, 0.05) is 12.7 Å². The van der Waals surface area contributed by atoms with Crippen molar-refractivity contribution in [3.05, 3.63) is 46.2 Å². The van der Waals surface area contributed by atoms with Crippen LogP contribution in [0, 0.1) is 19.8 Å². The van der Waals surface area contributed by atoms with Gasteiger partial charge in [-0.3, -0.25) is 0 Å². The molecule has 0 saturated carbocycles. The molecule has 0 unspecified atom stereocenters. The van der Waals surface area contributed by atoms with Gasteiger partial charge in [-0.2, -0.15) is 5.10 Å². The summed E-state index contributed by atoms with van der Waals surface area (Å²) in [6, 6.07) is 6.41. The first-order chi connectivity index (χ1) is 9.47. The molecule has 0 bridgehead atoms. The predicted molar refractivity (Wildman–Crippen MR) is 84.6 cm³/mol. The molecule has 1 aromatic carbocycles. The number of nitrogens with zero attached hydrogens (tertiary/aromatic N) is 2. The van der Waals surface area contributed by atoms with Crippen molar-refractivity contribution >= 4 is 11.6 Å². The van der Waals surface area contributed by atoms with Gasteiger partial charge >= 0.3 is 0 Å². The average Bonchev–Trinajstić information content (AvgIpc) is 2.69. The summed E-state index contributed by atoms with van der Waals surface area (Å²) < 4.78 is 1.86. The molecule has 0 aliphatic carbocycles. The van der Waals surface area contributed by atoms with Gasteiger partial charge in [0.2, 0.25) is 0 Å². The van der Waals surface area contributed by atoms with E-state index in [9.17, 15) is 0 Å². The molecule has 0 radical (unpaired) electrons. The average molecular weight is 292 g/mol. The highest BCUT2D eigenvalue weighted by Crippen LogP contribution is 2.20. The lowest BCUT2D eigenvalue weighted by molar-refractivity contribution is 0.551. The first kappa shape index (κ1) is 15.1. The van der Waals surface area contributed by atoms with Gasteiger partial charge in [-0.1, -0.05) is 43.1 Å². The number of halogens is 1. The van der Waals surface area contributed by atoms with E-state index in [-0.39, 0.29) is 0 Å². The molecule has 108 valence electrons. The van der Waals surface area contributed by atoms with Crippen molar-refractivity contribution in [2.24, 2.45) is 5.92 Å². The fourth-order valence-corrected chi connectivity index (χ4v) is 2.27. The van der Waals surface area contributed by atoms with Crippen LogP contribution in [0.1, 0.15) is 30.7 Å². The molecule has 0 aliphatic heterocycles. The second-order valence-corrected chi connectivity index (χ2v) is 6.07. The molecule has 2 rings (SSSR count). The third kappa shape index (κ3) is 3.62. The zero-order chi connectivity index (χ0) is 14.7. The summed E-state index contributed by atoms with van der Waals surface area (Å²) in [6.45, 7) is 10.3. The maximum absolute atomic E-state index is 6.11. The molecule has 20 heavy (non-hydrogen) atoms. The van der Waals surface area contributed by atoms with Crippen molar-refractivity contribution in [2.75, 3.05) is 6.54 Å². The Labute approximate surface area is 126 Å². The first-order valence-electron chi connectivity index (χ1n) is 6.99. The highest BCUT2D eigenvalue weighted by Gasteiger charge is 2.09. The van der Waals surface area contributed by atoms with Crippen LogP contribution in [0.3, 0.4) is 0 Å². The van der Waals surface area contributed by atoms with Crippen molar-refractivity contribution < 1.29 is 0 Å². The van der Waals surface area contributed by atoms with Gasteiger partial charge in [-0.25, -0.2) is 4.68 Å². The van der Waals surface area contributed by atoms with E-state index in [1.54, 1.807) is 0 Å². The number of benzene rings is 1. The van der Waals surface area contributed by atoms with Gasteiger partial charge in [0.05, 0.1) is 16.4 Å². The molecule has 0 spiro atoms. The number of nitrogens with one attached hydrogen (secondary N) is 1. The summed E-state index contributed by atoms with van der Waals surface area (Å²) in [4.78, 5) is 0. The summed E-state index contributed by atoms with van der Waals surface area (Å²) in [6.07, 6.45) is 1.87. The molecule has 0 saturated heterocycles. The molecule has 2 aromatic rings. The predicted octanol–water partition coefficient (Wildman–Crippen LogP) is 3.89. The topological polar surface area (TPSA) is 29.9 Å². The van der Waals surface area contributed by atoms with Crippen LogP contribution in [0.2, 0.25) is 5.02 Å². The Morgan fingerprint density at radius 1 is 1.30 bits per heavy atom. The molecule has 1 N–H and O–H groups in total. The van der Waals surface area contributed by atoms with E-state index < -0.39 is 0 Å². The van der Waals surface area contributed by atoms with Gasteiger partial charge in [-0.15, -0.1) is 0 Å². The second kappa shape index (κ2) is 6.42. The Kier molecular flexibility index (Phi) is 4.84. The number of aryl methyl sites for hydroxylation is 2. The molecule has 4 heteroatoms. The monoisotopic (exact) mass is 291 g/mol. The van der Waals surface area contributed by atoms with E-state index in [1.165, 1.54) is 11.1 Å². The zero-order valence-corrected chi connectivity index (χ0v) is 13.3. The Hall–Kier alpha value is -1.32. The van der Waals surface area contributed by atoms with Gasteiger partial charge in [0.1, 0.15) is 0 Å². The molecule has 0 aliphatic rings. The lowest BCUT2D eigenvalue weighted by Crippen LogP contribution is -2.20. The van der Waals surface area contributed by atoms with Crippen molar-refractivity contribution in [3.8, 4) is 5.69 Å². The van der Waals surface area contributed by atoms with Crippen molar-refractivity contribution in [3.63, 3.8) is 0 Å². The van der Waals surface area contributed by atoms with Crippen molar-refractivity contribution in [2.45, 2.75) is 34.2 Å². The van der Waals surface area contributed by atoms with E-state index >= 15 is 0 Å². The molecule has 3 nitrogen and oxygen atoms in total. The summed E-state index contributed by atoms with van der Waals surface area (Å²) in [7, 11) is 0. The minimum Gasteiger partial charge on any atom is -0.312 e. The number of rotatable bonds is 5. The smallest absolute Gasteiger partial charge is 0.0819 e. The molecule has 1 heterocycles. The summed E-state index contributed by atoms with van der Waals surface area (Å²) in [5.41, 5.74) is 4.44. The van der Waals surface area contributed by atoms with Crippen LogP contribution in [-0.2, 0) is 6.54 Å². The molecule has 1 aromatic heterocycles. The van der Waals surface area contributed by atoms with Crippen LogP contribution >= 0.6 is 11.6 Å². The fourth-order valence-electron chi connectivity index (χ4n) is 2.14. The van der Waals surface area contributed by atoms with E-state index in [4.69, 9.17) is 11.6 Å². The second-order valence-electron chi connectivity index (χ2n) is 5.66. The summed E-state index contributed by atoms with van der Waals surface area (Å²) >= 11 is 6.11. The minimum absolute atomic E-state index is 0.643. The number of hydrogen-bond acceptors (Lipinski definition) is 2. The van der Waals surface area contributed by atoms with Crippen LogP contribution in [0.4, 0.5) is 0 Å². The van der Waals surface area contributed by atoms with Crippen LogP contribution in [-0.4, -0.2) is 16.3 Å². The molecule has 0 fully saturated rings. The lowest BCUT2D eigenvalue weighted by atomic mass is 10.1. The van der Waals surface area contributed by atoms with E-state index in [0.29, 0.717) is 10.9 Å². The normalized spacial score (nSPS) is 11.3. The standard InChI is InChI=1S/C16H22ClN3/c1-11(2)8-18-9-14-7-12(3)5-6-16(14)20-10-15(17)13(4)19-20/h5-7,10-11,18H,8-9H2,1-4H3. The third-order valence-corrected chi connectivity index (χ3v) is 3.56. The Bertz CT molecular complexity index is 568. The maximum Gasteiger partial charge on any atom is 0.0819 e. The lowest BCUT2D eigenvalue weighted by Gasteiger charge is -2.13. The minimum atomic E-state index is 0.643. The molecular weight excluding hydrogens is 270 g/mol. The number of hydrogen-bond donors (Lipinski definition) is 1. The highest BCUT2D eigenvalue weighted by molar-refractivity contribution is 6.31. The van der Waals surface area contributed by atoms with Gasteiger partial charge in [-0.05, 0) is 37.9 Å². The quantitative estimate of drug-likeness (QED) is 0.906. The van der Waals surface area contributed by atoms with Crippen LogP contribution < -0.4 is 5.32 Å². The summed E-state index contributed by atoms with van der Waals surface area (Å²) in [5.74, 6) is 0.643. The van der Waals surface area contributed by atoms with E-state index in [0.717, 1.165) is 24.5 Å². The van der Waals surface area contributed by atoms with Crippen LogP contribution in [0.15, 0.2) is 24.4 Å². The Morgan fingerprint density at radius 3 is 2.65 bits per heavy atom. The van der Waals surface area contributed by atoms with Gasteiger partial charge in [0.25, 0.3) is 0 Å². The van der Waals surface area contributed by atoms with E-state index in [1.807, 2.05) is 17.8 Å². The van der Waals surface area contributed by atoms with Crippen molar-refractivity contribution in [1.82, 2.24) is 15.1 Å². The maximum atomic E-state index is 6.11. The van der Waals surface area contributed by atoms with Gasteiger partial charge in [0.15, 0.2) is 0 Å². The Morgan fingerprint density at radius 2 is 2.05 bits per heavy atom. The zero-order valence-electron chi connectivity index (χ0n) is 12.6. The van der Waals surface area contributed by atoms with Crippen LogP contribution in [0.25, 0.3) is 5.69 Å². The van der Waals surface area contributed by atoms with Crippen molar-refractivity contribution in [1.29, 1.82) is 0 Å². The number of aromatic nitrogens is 2. The Balaban J connectivity index is 2.27. The molecular formula is C16H22ClN3. The fraction of sp³-hybridized carbons (Fsp3) is 0.438. The molecule has 0 amide bonds.